The van der Waals surface area contributed by atoms with Crippen molar-refractivity contribution in [2.24, 2.45) is 11.8 Å². The van der Waals surface area contributed by atoms with E-state index in [1.165, 1.54) is 0 Å². The van der Waals surface area contributed by atoms with E-state index in [1.54, 1.807) is 4.90 Å². The smallest absolute Gasteiger partial charge is 0.326 e. The molecule has 4 unspecified atom stereocenters. The highest BCUT2D eigenvalue weighted by atomic mass is 32.2. The molecule has 3 rings (SSSR count). The van der Waals surface area contributed by atoms with Gasteiger partial charge in [-0.15, -0.1) is 0 Å². The zero-order valence-electron chi connectivity index (χ0n) is 12.5. The number of urea groups is 1. The molecular formula is C15H24N2O3S. The number of likely N-dealkylation sites (tertiary alicyclic amines) is 1. The van der Waals surface area contributed by atoms with Gasteiger partial charge in [0, 0.05) is 30.6 Å². The molecule has 118 valence electrons. The third-order valence-corrected chi connectivity index (χ3v) is 6.63. The van der Waals surface area contributed by atoms with Crippen LogP contribution in [0.3, 0.4) is 0 Å². The van der Waals surface area contributed by atoms with Gasteiger partial charge in [0.25, 0.3) is 0 Å². The molecule has 1 N–H and O–H groups in total. The predicted octanol–water partition coefficient (Wildman–Crippen LogP) is 2.12. The topological polar surface area (TPSA) is 60.9 Å². The number of rotatable bonds is 2. The van der Waals surface area contributed by atoms with E-state index in [4.69, 9.17) is 0 Å². The van der Waals surface area contributed by atoms with Crippen LogP contribution in [0.15, 0.2) is 0 Å². The Morgan fingerprint density at radius 3 is 2.81 bits per heavy atom. The van der Waals surface area contributed by atoms with Crippen molar-refractivity contribution >= 4 is 23.8 Å². The molecule has 0 aromatic carbocycles. The monoisotopic (exact) mass is 312 g/mol. The van der Waals surface area contributed by atoms with Crippen LogP contribution in [0.2, 0.25) is 0 Å². The summed E-state index contributed by atoms with van der Waals surface area (Å²) in [6, 6.07) is -0.643. The molecule has 0 aromatic heterocycles. The molecule has 1 saturated carbocycles. The fraction of sp³-hybridized carbons (Fsp3) is 0.867. The van der Waals surface area contributed by atoms with Gasteiger partial charge < -0.3 is 14.9 Å². The lowest BCUT2D eigenvalue weighted by Gasteiger charge is -2.36. The number of carboxylic acids is 1. The predicted molar refractivity (Wildman–Crippen MR) is 82.5 cm³/mol. The first-order valence-corrected chi connectivity index (χ1v) is 9.06. The Bertz CT molecular complexity index is 431. The minimum absolute atomic E-state index is 0.0458. The minimum atomic E-state index is -0.823. The molecule has 1 aliphatic carbocycles. The summed E-state index contributed by atoms with van der Waals surface area (Å²) in [6.45, 7) is 4.29. The third kappa shape index (κ3) is 2.74. The van der Waals surface area contributed by atoms with E-state index in [0.717, 1.165) is 44.5 Å². The number of carboxylic acid groups (broad SMARTS) is 1. The Kier molecular flexibility index (Phi) is 4.33. The van der Waals surface area contributed by atoms with Gasteiger partial charge in [0.15, 0.2) is 0 Å². The van der Waals surface area contributed by atoms with Crippen LogP contribution >= 0.6 is 11.8 Å². The van der Waals surface area contributed by atoms with Gasteiger partial charge >= 0.3 is 12.0 Å². The van der Waals surface area contributed by atoms with E-state index in [-0.39, 0.29) is 11.9 Å². The molecule has 3 fully saturated rings. The number of carbonyl (C=O) groups is 2. The lowest BCUT2D eigenvalue weighted by Crippen LogP contribution is -2.52. The van der Waals surface area contributed by atoms with Crippen LogP contribution in [0.25, 0.3) is 0 Å². The number of hydrogen-bond donors (Lipinski definition) is 1. The third-order valence-electron chi connectivity index (χ3n) is 5.25. The van der Waals surface area contributed by atoms with E-state index in [2.05, 4.69) is 6.92 Å². The van der Waals surface area contributed by atoms with Crippen molar-refractivity contribution in [3.8, 4) is 0 Å². The highest BCUT2D eigenvalue weighted by Gasteiger charge is 2.50. The molecule has 0 aromatic rings. The number of amides is 2. The molecule has 5 nitrogen and oxygen atoms in total. The summed E-state index contributed by atoms with van der Waals surface area (Å²) < 4.78 is 0. The number of carbonyl (C=O) groups excluding carboxylic acids is 1. The molecule has 0 spiro atoms. The van der Waals surface area contributed by atoms with E-state index in [0.29, 0.717) is 17.7 Å². The quantitative estimate of drug-likeness (QED) is 0.848. The molecule has 4 atom stereocenters. The summed E-state index contributed by atoms with van der Waals surface area (Å²) in [5, 5.41) is 10.1. The van der Waals surface area contributed by atoms with Crippen molar-refractivity contribution in [3.63, 3.8) is 0 Å². The molecule has 2 heterocycles. The van der Waals surface area contributed by atoms with Crippen LogP contribution in [0.1, 0.15) is 32.6 Å². The summed E-state index contributed by atoms with van der Waals surface area (Å²) in [5.41, 5.74) is 0. The zero-order chi connectivity index (χ0) is 15.0. The Morgan fingerprint density at radius 2 is 2.10 bits per heavy atom. The zero-order valence-corrected chi connectivity index (χ0v) is 13.3. The van der Waals surface area contributed by atoms with Crippen molar-refractivity contribution in [2.75, 3.05) is 25.4 Å². The molecule has 2 saturated heterocycles. The highest BCUT2D eigenvalue weighted by molar-refractivity contribution is 8.00. The Hall–Kier alpha value is -0.910. The summed E-state index contributed by atoms with van der Waals surface area (Å²) in [6.07, 6.45) is 4.20. The van der Waals surface area contributed by atoms with Crippen molar-refractivity contribution in [3.05, 3.63) is 0 Å². The normalized spacial score (nSPS) is 35.9. The lowest BCUT2D eigenvalue weighted by molar-refractivity contribution is -0.142. The van der Waals surface area contributed by atoms with Gasteiger partial charge in [-0.05, 0) is 31.1 Å². The van der Waals surface area contributed by atoms with Gasteiger partial charge in [-0.1, -0.05) is 13.3 Å². The van der Waals surface area contributed by atoms with Gasteiger partial charge in [-0.3, -0.25) is 0 Å². The fourth-order valence-corrected chi connectivity index (χ4v) is 5.32. The maximum atomic E-state index is 12.8. The molecule has 3 aliphatic rings. The van der Waals surface area contributed by atoms with Crippen LogP contribution < -0.4 is 0 Å². The number of thioether (sulfide) groups is 1. The molecule has 2 amide bonds. The van der Waals surface area contributed by atoms with Crippen LogP contribution in [-0.2, 0) is 4.79 Å². The van der Waals surface area contributed by atoms with Crippen LogP contribution in [0.4, 0.5) is 4.79 Å². The Morgan fingerprint density at radius 1 is 1.29 bits per heavy atom. The van der Waals surface area contributed by atoms with Crippen LogP contribution in [0, 0.1) is 11.8 Å². The Labute approximate surface area is 130 Å². The molecule has 6 heteroatoms. The lowest BCUT2D eigenvalue weighted by atomic mass is 9.94. The first kappa shape index (κ1) is 15.0. The second-order valence-corrected chi connectivity index (χ2v) is 7.83. The molecule has 0 radical (unpaired) electrons. The average molecular weight is 312 g/mol. The average Bonchev–Trinajstić information content (AvgIpc) is 3.06. The molecule has 2 aliphatic heterocycles. The number of fused-ring (bicyclic) bond motifs is 1. The first-order chi connectivity index (χ1) is 10.1. The van der Waals surface area contributed by atoms with E-state index >= 15 is 0 Å². The highest BCUT2D eigenvalue weighted by Crippen LogP contribution is 2.42. The Balaban J connectivity index is 1.72. The van der Waals surface area contributed by atoms with Crippen LogP contribution in [0.5, 0.6) is 0 Å². The SMILES string of the molecule is CCC1CN(C(=O)N2CC3CCCC3C2C(=O)O)CCS1. The van der Waals surface area contributed by atoms with Crippen molar-refractivity contribution in [1.29, 1.82) is 0 Å². The van der Waals surface area contributed by atoms with E-state index in [1.807, 2.05) is 16.7 Å². The second-order valence-electron chi connectivity index (χ2n) is 6.42. The standard InChI is InChI=1S/C15H24N2O3S/c1-2-11-9-16(6-7-21-11)15(20)17-8-10-4-3-5-12(10)13(17)14(18)19/h10-13H,2-9H2,1H3,(H,18,19). The maximum Gasteiger partial charge on any atom is 0.326 e. The molecular weight excluding hydrogens is 288 g/mol. The van der Waals surface area contributed by atoms with Crippen molar-refractivity contribution < 1.29 is 14.7 Å². The van der Waals surface area contributed by atoms with Crippen molar-refractivity contribution in [1.82, 2.24) is 9.80 Å². The summed E-state index contributed by atoms with van der Waals surface area (Å²) in [4.78, 5) is 28.0. The first-order valence-electron chi connectivity index (χ1n) is 8.01. The van der Waals surface area contributed by atoms with E-state index in [9.17, 15) is 14.7 Å². The number of hydrogen-bond acceptors (Lipinski definition) is 3. The largest absolute Gasteiger partial charge is 0.480 e. The number of aliphatic carboxylic acids is 1. The van der Waals surface area contributed by atoms with Gasteiger partial charge in [0.05, 0.1) is 0 Å². The minimum Gasteiger partial charge on any atom is -0.480 e. The summed E-state index contributed by atoms with van der Waals surface area (Å²) >= 11 is 1.92. The summed E-state index contributed by atoms with van der Waals surface area (Å²) in [7, 11) is 0. The second kappa shape index (κ2) is 6.07. The van der Waals surface area contributed by atoms with E-state index < -0.39 is 12.0 Å². The fourth-order valence-electron chi connectivity index (χ4n) is 4.14. The molecule has 21 heavy (non-hydrogen) atoms. The number of nitrogens with zero attached hydrogens (tertiary/aromatic N) is 2. The molecule has 0 bridgehead atoms. The van der Waals surface area contributed by atoms with Gasteiger partial charge in [0.2, 0.25) is 0 Å². The van der Waals surface area contributed by atoms with Gasteiger partial charge in [-0.25, -0.2) is 9.59 Å². The maximum absolute atomic E-state index is 12.8. The van der Waals surface area contributed by atoms with Crippen LogP contribution in [-0.4, -0.2) is 63.6 Å². The van der Waals surface area contributed by atoms with Crippen molar-refractivity contribution in [2.45, 2.75) is 43.9 Å². The summed E-state index contributed by atoms with van der Waals surface area (Å²) in [5.74, 6) is 0.711. The van der Waals surface area contributed by atoms with Gasteiger partial charge in [-0.2, -0.15) is 11.8 Å². The van der Waals surface area contributed by atoms with Gasteiger partial charge in [0.1, 0.15) is 6.04 Å².